The minimum atomic E-state index is 0.369. The van der Waals surface area contributed by atoms with Crippen LogP contribution in [-0.4, -0.2) is 19.4 Å². The third kappa shape index (κ3) is 1.40. The molecule has 12 heavy (non-hydrogen) atoms. The molecule has 2 unspecified atom stereocenters. The Hall–Kier alpha value is -0.370. The lowest BCUT2D eigenvalue weighted by molar-refractivity contribution is -0.115. The maximum atomic E-state index is 10.9. The Morgan fingerprint density at radius 3 is 2.17 bits per heavy atom. The number of carbonyl (C=O) groups excluding carboxylic acids is 1. The molecule has 2 heteroatoms. The number of nitrogens with one attached hydrogen (secondary N) is 1. The van der Waals surface area contributed by atoms with Crippen LogP contribution in [0, 0.1) is 17.8 Å². The molecule has 0 radical (unpaired) electrons. The normalized spacial score (nSPS) is 41.8. The van der Waals surface area contributed by atoms with Crippen molar-refractivity contribution in [1.82, 2.24) is 5.32 Å². The van der Waals surface area contributed by atoms with Gasteiger partial charge in [0.15, 0.2) is 0 Å². The molecule has 0 aromatic rings. The molecule has 2 aliphatic rings. The average molecular weight is 167 g/mol. The Morgan fingerprint density at radius 1 is 1.08 bits per heavy atom. The molecule has 2 bridgehead atoms. The SMILES string of the molecule is O=CC1C2CCCCC1CNC2. The van der Waals surface area contributed by atoms with Crippen LogP contribution in [-0.2, 0) is 4.79 Å². The monoisotopic (exact) mass is 167 g/mol. The highest BCUT2D eigenvalue weighted by molar-refractivity contribution is 5.55. The molecule has 0 amide bonds. The van der Waals surface area contributed by atoms with E-state index < -0.39 is 0 Å². The first kappa shape index (κ1) is 8.24. The van der Waals surface area contributed by atoms with Crippen LogP contribution in [0.2, 0.25) is 0 Å². The van der Waals surface area contributed by atoms with E-state index in [1.54, 1.807) is 0 Å². The van der Waals surface area contributed by atoms with E-state index in [2.05, 4.69) is 5.32 Å². The largest absolute Gasteiger partial charge is 0.316 e. The second-order valence-corrected chi connectivity index (χ2v) is 4.18. The van der Waals surface area contributed by atoms with E-state index in [1.165, 1.54) is 32.0 Å². The van der Waals surface area contributed by atoms with Gasteiger partial charge in [-0.05, 0) is 37.8 Å². The summed E-state index contributed by atoms with van der Waals surface area (Å²) in [5, 5.41) is 3.43. The Bertz CT molecular complexity index is 155. The third-order valence-electron chi connectivity index (χ3n) is 3.46. The van der Waals surface area contributed by atoms with Crippen LogP contribution in [0.1, 0.15) is 25.7 Å². The van der Waals surface area contributed by atoms with Crippen LogP contribution in [0.3, 0.4) is 0 Å². The summed E-state index contributed by atoms with van der Waals surface area (Å²) in [6.07, 6.45) is 6.38. The molecule has 0 spiro atoms. The molecule has 2 rings (SSSR count). The van der Waals surface area contributed by atoms with E-state index in [0.29, 0.717) is 17.8 Å². The van der Waals surface area contributed by atoms with Gasteiger partial charge in [0, 0.05) is 5.92 Å². The van der Waals surface area contributed by atoms with E-state index in [9.17, 15) is 4.79 Å². The summed E-state index contributed by atoms with van der Waals surface area (Å²) in [4.78, 5) is 10.9. The number of rotatable bonds is 1. The van der Waals surface area contributed by atoms with Crippen LogP contribution < -0.4 is 5.32 Å². The average Bonchev–Trinajstić information content (AvgIpc) is 2.21. The number of carbonyl (C=O) groups is 1. The highest BCUT2D eigenvalue weighted by atomic mass is 16.1. The van der Waals surface area contributed by atoms with Crippen LogP contribution in [0.5, 0.6) is 0 Å². The molecule has 68 valence electrons. The molecular formula is C10H17NO. The summed E-state index contributed by atoms with van der Waals surface area (Å²) in [5.41, 5.74) is 0. The highest BCUT2D eigenvalue weighted by Crippen LogP contribution is 2.33. The van der Waals surface area contributed by atoms with Gasteiger partial charge in [0.05, 0.1) is 0 Å². The molecule has 0 aromatic carbocycles. The Labute approximate surface area is 73.7 Å². The lowest BCUT2D eigenvalue weighted by Crippen LogP contribution is -2.43. The van der Waals surface area contributed by atoms with Gasteiger partial charge < -0.3 is 10.1 Å². The van der Waals surface area contributed by atoms with Gasteiger partial charge in [-0.3, -0.25) is 0 Å². The first-order valence-electron chi connectivity index (χ1n) is 5.08. The second kappa shape index (κ2) is 3.56. The highest BCUT2D eigenvalue weighted by Gasteiger charge is 2.33. The van der Waals surface area contributed by atoms with Crippen molar-refractivity contribution in [2.45, 2.75) is 25.7 Å². The van der Waals surface area contributed by atoms with Crippen LogP contribution in [0.25, 0.3) is 0 Å². The van der Waals surface area contributed by atoms with Gasteiger partial charge in [-0.2, -0.15) is 0 Å². The Kier molecular flexibility index (Phi) is 2.45. The van der Waals surface area contributed by atoms with Crippen molar-refractivity contribution in [3.63, 3.8) is 0 Å². The van der Waals surface area contributed by atoms with E-state index in [1.807, 2.05) is 0 Å². The van der Waals surface area contributed by atoms with Crippen molar-refractivity contribution in [3.05, 3.63) is 0 Å². The fourth-order valence-electron chi connectivity index (χ4n) is 2.74. The van der Waals surface area contributed by atoms with Gasteiger partial charge in [0.2, 0.25) is 0 Å². The fourth-order valence-corrected chi connectivity index (χ4v) is 2.74. The maximum Gasteiger partial charge on any atom is 0.123 e. The van der Waals surface area contributed by atoms with Gasteiger partial charge in [0.1, 0.15) is 6.29 Å². The molecule has 1 saturated heterocycles. The number of piperidine rings is 1. The zero-order valence-corrected chi connectivity index (χ0v) is 7.46. The minimum absolute atomic E-state index is 0.369. The topological polar surface area (TPSA) is 29.1 Å². The molecule has 2 nitrogen and oxygen atoms in total. The summed E-state index contributed by atoms with van der Waals surface area (Å²) >= 11 is 0. The maximum absolute atomic E-state index is 10.9. The zero-order valence-electron chi connectivity index (χ0n) is 7.46. The Balaban J connectivity index is 2.11. The lowest BCUT2D eigenvalue weighted by atomic mass is 9.79. The van der Waals surface area contributed by atoms with Crippen molar-refractivity contribution in [2.75, 3.05) is 13.1 Å². The van der Waals surface area contributed by atoms with Crippen LogP contribution >= 0.6 is 0 Å². The van der Waals surface area contributed by atoms with Crippen molar-refractivity contribution >= 4 is 6.29 Å². The second-order valence-electron chi connectivity index (χ2n) is 4.18. The van der Waals surface area contributed by atoms with Gasteiger partial charge in [-0.1, -0.05) is 12.8 Å². The molecule has 1 aliphatic heterocycles. The number of aldehydes is 1. The predicted octanol–water partition coefficient (Wildman–Crippen LogP) is 1.21. The molecule has 0 aromatic heterocycles. The lowest BCUT2D eigenvalue weighted by Gasteiger charge is -2.33. The van der Waals surface area contributed by atoms with E-state index in [-0.39, 0.29) is 0 Å². The molecule has 2 atom stereocenters. The van der Waals surface area contributed by atoms with Crippen molar-refractivity contribution < 1.29 is 4.79 Å². The van der Waals surface area contributed by atoms with E-state index >= 15 is 0 Å². The van der Waals surface area contributed by atoms with E-state index in [0.717, 1.165) is 13.1 Å². The molecule has 1 N–H and O–H groups in total. The van der Waals surface area contributed by atoms with Gasteiger partial charge in [0.25, 0.3) is 0 Å². The third-order valence-corrected chi connectivity index (χ3v) is 3.46. The van der Waals surface area contributed by atoms with Gasteiger partial charge in [-0.25, -0.2) is 0 Å². The van der Waals surface area contributed by atoms with Gasteiger partial charge in [-0.15, -0.1) is 0 Å². The van der Waals surface area contributed by atoms with E-state index in [4.69, 9.17) is 0 Å². The molecule has 2 fully saturated rings. The molecule has 1 heterocycles. The molecule has 1 aliphatic carbocycles. The van der Waals surface area contributed by atoms with Crippen molar-refractivity contribution in [2.24, 2.45) is 17.8 Å². The van der Waals surface area contributed by atoms with Crippen LogP contribution in [0.4, 0.5) is 0 Å². The first-order chi connectivity index (χ1) is 5.92. The summed E-state index contributed by atoms with van der Waals surface area (Å²) in [6.45, 7) is 2.14. The summed E-state index contributed by atoms with van der Waals surface area (Å²) in [5.74, 6) is 1.65. The molecular weight excluding hydrogens is 150 g/mol. The minimum Gasteiger partial charge on any atom is -0.316 e. The molecule has 1 saturated carbocycles. The number of fused-ring (bicyclic) bond motifs is 2. The number of hydrogen-bond donors (Lipinski definition) is 1. The summed E-state index contributed by atoms with van der Waals surface area (Å²) in [7, 11) is 0. The summed E-state index contributed by atoms with van der Waals surface area (Å²) in [6, 6.07) is 0. The predicted molar refractivity (Wildman–Crippen MR) is 47.9 cm³/mol. The standard InChI is InChI=1S/C10H17NO/c12-7-10-8-3-1-2-4-9(10)6-11-5-8/h7-11H,1-6H2. The first-order valence-corrected chi connectivity index (χ1v) is 5.08. The summed E-state index contributed by atoms with van der Waals surface area (Å²) < 4.78 is 0. The smallest absolute Gasteiger partial charge is 0.123 e. The Morgan fingerprint density at radius 2 is 1.67 bits per heavy atom. The number of hydrogen-bond acceptors (Lipinski definition) is 2. The van der Waals surface area contributed by atoms with Gasteiger partial charge >= 0.3 is 0 Å². The fraction of sp³-hybridized carbons (Fsp3) is 0.900. The van der Waals surface area contributed by atoms with Crippen molar-refractivity contribution in [3.8, 4) is 0 Å². The van der Waals surface area contributed by atoms with Crippen molar-refractivity contribution in [1.29, 1.82) is 0 Å². The quantitative estimate of drug-likeness (QED) is 0.595. The van der Waals surface area contributed by atoms with Crippen LogP contribution in [0.15, 0.2) is 0 Å². The zero-order chi connectivity index (χ0) is 8.39.